The van der Waals surface area contributed by atoms with Gasteiger partial charge in [-0.15, -0.1) is 0 Å². The summed E-state index contributed by atoms with van der Waals surface area (Å²) in [5, 5.41) is 12.0. The van der Waals surface area contributed by atoms with Crippen LogP contribution in [0.4, 0.5) is 0 Å². The highest BCUT2D eigenvalue weighted by Gasteiger charge is 2.76. The fourth-order valence-corrected chi connectivity index (χ4v) is 10.3. The minimum Gasteiger partial charge on any atom is -0.463 e. The molecule has 12 atom stereocenters. The second kappa shape index (κ2) is 7.77. The molecule has 6 rings (SSSR count). The van der Waals surface area contributed by atoms with Gasteiger partial charge in [0.1, 0.15) is 11.9 Å². The lowest BCUT2D eigenvalue weighted by Gasteiger charge is -2.60. The fraction of sp³-hybridized carbons (Fsp3) is 0.931. The number of fused-ring (bicyclic) bond motifs is 7. The number of ether oxygens (including phenoxy) is 3. The average molecular weight is 489 g/mol. The van der Waals surface area contributed by atoms with Crippen LogP contribution >= 0.6 is 0 Å². The molecule has 4 saturated carbocycles. The van der Waals surface area contributed by atoms with Crippen molar-refractivity contribution >= 4 is 11.8 Å². The summed E-state index contributed by atoms with van der Waals surface area (Å²) in [7, 11) is 0. The zero-order valence-corrected chi connectivity index (χ0v) is 22.2. The van der Waals surface area contributed by atoms with Gasteiger partial charge in [-0.25, -0.2) is 0 Å². The Morgan fingerprint density at radius 1 is 1.09 bits per heavy atom. The van der Waals surface area contributed by atoms with E-state index >= 15 is 0 Å². The highest BCUT2D eigenvalue weighted by Crippen LogP contribution is 2.72. The van der Waals surface area contributed by atoms with E-state index in [1.165, 1.54) is 6.92 Å². The summed E-state index contributed by atoms with van der Waals surface area (Å²) in [5.74, 6) is -0.233. The number of carbonyl (C=O) groups is 2. The van der Waals surface area contributed by atoms with Crippen molar-refractivity contribution in [2.75, 3.05) is 6.61 Å². The molecule has 6 nitrogen and oxygen atoms in total. The quantitative estimate of drug-likeness (QED) is 0.531. The van der Waals surface area contributed by atoms with E-state index in [1.54, 1.807) is 0 Å². The molecule has 6 aliphatic rings. The predicted octanol–water partition coefficient (Wildman–Crippen LogP) is 4.86. The van der Waals surface area contributed by atoms with Crippen LogP contribution in [0.25, 0.3) is 0 Å². The van der Waals surface area contributed by atoms with E-state index in [4.69, 9.17) is 14.2 Å². The van der Waals surface area contributed by atoms with Crippen LogP contribution in [0.5, 0.6) is 0 Å². The first kappa shape index (κ1) is 24.4. The van der Waals surface area contributed by atoms with Gasteiger partial charge in [0.25, 0.3) is 0 Å². The van der Waals surface area contributed by atoms with Crippen molar-refractivity contribution in [1.29, 1.82) is 0 Å². The molecule has 0 aromatic heterocycles. The molecule has 2 saturated heterocycles. The van der Waals surface area contributed by atoms with Crippen molar-refractivity contribution in [1.82, 2.24) is 0 Å². The second-order valence-electron chi connectivity index (χ2n) is 13.8. The first-order chi connectivity index (χ1) is 16.4. The Morgan fingerprint density at radius 3 is 2.54 bits per heavy atom. The highest BCUT2D eigenvalue weighted by atomic mass is 16.8. The number of ketones is 1. The van der Waals surface area contributed by atoms with Gasteiger partial charge < -0.3 is 19.3 Å². The van der Waals surface area contributed by atoms with E-state index in [-0.39, 0.29) is 35.2 Å². The number of carbonyl (C=O) groups excluding carboxylic acids is 2. The molecule has 4 aliphatic carbocycles. The monoisotopic (exact) mass is 488 g/mol. The minimum atomic E-state index is -1.28. The highest BCUT2D eigenvalue weighted by molar-refractivity contribution is 5.87. The Labute approximate surface area is 209 Å². The number of aliphatic hydroxyl groups is 1. The normalized spacial score (nSPS) is 57.3. The van der Waals surface area contributed by atoms with Gasteiger partial charge in [-0.05, 0) is 73.5 Å². The summed E-state index contributed by atoms with van der Waals surface area (Å²) >= 11 is 0. The third kappa shape index (κ3) is 3.24. The molecule has 0 amide bonds. The smallest absolute Gasteiger partial charge is 0.302 e. The van der Waals surface area contributed by atoms with Crippen LogP contribution in [0, 0.1) is 52.3 Å². The first-order valence-corrected chi connectivity index (χ1v) is 14.2. The number of hydrogen-bond acceptors (Lipinski definition) is 6. The maximum Gasteiger partial charge on any atom is 0.302 e. The van der Waals surface area contributed by atoms with Crippen LogP contribution in [0.1, 0.15) is 92.4 Å². The van der Waals surface area contributed by atoms with Crippen molar-refractivity contribution in [2.45, 2.75) is 110 Å². The maximum absolute atomic E-state index is 14.2. The van der Waals surface area contributed by atoms with Gasteiger partial charge >= 0.3 is 5.97 Å². The third-order valence-electron chi connectivity index (χ3n) is 12.1. The first-order valence-electron chi connectivity index (χ1n) is 14.2. The Kier molecular flexibility index (Phi) is 5.41. The van der Waals surface area contributed by atoms with Crippen molar-refractivity contribution in [3.8, 4) is 0 Å². The van der Waals surface area contributed by atoms with Crippen LogP contribution < -0.4 is 0 Å². The molecule has 0 aromatic carbocycles. The maximum atomic E-state index is 14.2. The molecule has 2 heterocycles. The van der Waals surface area contributed by atoms with E-state index in [0.717, 1.165) is 44.9 Å². The number of hydrogen-bond donors (Lipinski definition) is 1. The summed E-state index contributed by atoms with van der Waals surface area (Å²) in [6.07, 6.45) is 7.99. The molecule has 0 bridgehead atoms. The Balaban J connectivity index is 1.28. The van der Waals surface area contributed by atoms with E-state index in [2.05, 4.69) is 27.7 Å². The fourth-order valence-electron chi connectivity index (χ4n) is 10.3. The molecule has 0 radical (unpaired) electrons. The Morgan fingerprint density at radius 2 is 1.86 bits per heavy atom. The lowest BCUT2D eigenvalue weighted by molar-refractivity contribution is -0.331. The van der Waals surface area contributed by atoms with E-state index in [1.807, 2.05) is 0 Å². The standard InChI is InChI=1S/C29H44O6/c1-16-8-11-29(33-15-16)17(2)25-27(5)23(14-28(25,32)35-29)21-7-6-19-12-20(34-18(3)30)9-10-26(19,4)22(21)13-24(27)31/h16-17,19-23,25,32H,6-15H2,1-5H3/t16-,17+,19+,20+,21-,22+,23+,25-,26+,27-,28+,29-/m1/s1. The average Bonchev–Trinajstić information content (AvgIpc) is 3.16. The predicted molar refractivity (Wildman–Crippen MR) is 129 cm³/mol. The summed E-state index contributed by atoms with van der Waals surface area (Å²) in [5.41, 5.74) is -0.476. The number of esters is 1. The van der Waals surface area contributed by atoms with Crippen LogP contribution in [0.2, 0.25) is 0 Å². The van der Waals surface area contributed by atoms with E-state index in [9.17, 15) is 14.7 Å². The number of rotatable bonds is 1. The molecule has 6 heteroatoms. The van der Waals surface area contributed by atoms with Gasteiger partial charge in [0.2, 0.25) is 0 Å². The SMILES string of the molecule is CC(=O)O[C@H]1CC[C@@]2(C)[C@@H](CC[C@@H]3[C@@H]2CC(=O)[C@]2(C)[C@H]4[C@H](C)[C@@]5(CC[C@@H](C)CO5)O[C@@]4(O)C[C@@H]32)C1. The molecule has 1 N–H and O–H groups in total. The van der Waals surface area contributed by atoms with Gasteiger partial charge in [0.05, 0.1) is 6.61 Å². The molecule has 1 spiro atoms. The zero-order chi connectivity index (χ0) is 25.0. The van der Waals surface area contributed by atoms with Gasteiger partial charge in [-0.1, -0.05) is 27.7 Å². The lowest BCUT2D eigenvalue weighted by atomic mass is 9.44. The van der Waals surface area contributed by atoms with Gasteiger partial charge in [0.15, 0.2) is 11.6 Å². The summed E-state index contributed by atoms with van der Waals surface area (Å²) in [6, 6.07) is 0. The van der Waals surface area contributed by atoms with Crippen LogP contribution in [0.15, 0.2) is 0 Å². The van der Waals surface area contributed by atoms with Crippen molar-refractivity contribution < 1.29 is 28.9 Å². The lowest BCUT2D eigenvalue weighted by Crippen LogP contribution is -2.58. The van der Waals surface area contributed by atoms with Crippen molar-refractivity contribution in [2.24, 2.45) is 52.3 Å². The third-order valence-corrected chi connectivity index (χ3v) is 12.1. The molecule has 35 heavy (non-hydrogen) atoms. The summed E-state index contributed by atoms with van der Waals surface area (Å²) in [4.78, 5) is 25.7. The number of Topliss-reactive ketones (excluding diaryl/α,β-unsaturated/α-hetero) is 1. The molecule has 2 aliphatic heterocycles. The van der Waals surface area contributed by atoms with Crippen molar-refractivity contribution in [3.05, 3.63) is 0 Å². The topological polar surface area (TPSA) is 82.1 Å². The van der Waals surface area contributed by atoms with E-state index < -0.39 is 17.0 Å². The molecule has 0 unspecified atom stereocenters. The zero-order valence-electron chi connectivity index (χ0n) is 22.2. The second-order valence-corrected chi connectivity index (χ2v) is 13.8. The molecule has 0 aromatic rings. The van der Waals surface area contributed by atoms with Crippen LogP contribution in [-0.4, -0.2) is 41.1 Å². The molecule has 196 valence electrons. The molecular formula is C29H44O6. The summed E-state index contributed by atoms with van der Waals surface area (Å²) < 4.78 is 18.5. The largest absolute Gasteiger partial charge is 0.463 e. The van der Waals surface area contributed by atoms with Crippen molar-refractivity contribution in [3.63, 3.8) is 0 Å². The Hall–Kier alpha value is -0.980. The van der Waals surface area contributed by atoms with Gasteiger partial charge in [-0.3, -0.25) is 9.59 Å². The van der Waals surface area contributed by atoms with Crippen LogP contribution in [0.3, 0.4) is 0 Å². The van der Waals surface area contributed by atoms with E-state index in [0.29, 0.717) is 48.9 Å². The van der Waals surface area contributed by atoms with Crippen LogP contribution in [-0.2, 0) is 23.8 Å². The molecular weight excluding hydrogens is 444 g/mol. The van der Waals surface area contributed by atoms with Gasteiger partial charge in [-0.2, -0.15) is 0 Å². The molecule has 6 fully saturated rings. The van der Waals surface area contributed by atoms with Gasteiger partial charge in [0, 0.05) is 43.4 Å². The Bertz CT molecular complexity index is 909. The summed E-state index contributed by atoms with van der Waals surface area (Å²) in [6.45, 7) is 11.0. The minimum absolute atomic E-state index is 0.0124.